The lowest BCUT2D eigenvalue weighted by molar-refractivity contribution is -0.136. The van der Waals surface area contributed by atoms with Gasteiger partial charge in [-0.1, -0.05) is 18.2 Å². The number of benzene rings is 2. The number of aryl methyl sites for hydroxylation is 1. The van der Waals surface area contributed by atoms with Crippen molar-refractivity contribution in [3.63, 3.8) is 0 Å². The molecule has 0 bridgehead atoms. The highest BCUT2D eigenvalue weighted by Crippen LogP contribution is 2.28. The molecule has 0 aliphatic rings. The van der Waals surface area contributed by atoms with E-state index in [9.17, 15) is 4.79 Å². The number of allylic oxidation sites excluding steroid dienone is 1. The average molecular weight is 323 g/mol. The third-order valence-electron chi connectivity index (χ3n) is 3.11. The van der Waals surface area contributed by atoms with E-state index >= 15 is 0 Å². The van der Waals surface area contributed by atoms with Crippen molar-refractivity contribution in [3.8, 4) is 23.3 Å². The molecule has 0 N–H and O–H groups in total. The Morgan fingerprint density at radius 1 is 1.21 bits per heavy atom. The van der Waals surface area contributed by atoms with Crippen molar-refractivity contribution in [2.45, 2.75) is 6.92 Å². The standard InChI is InChI=1S/C19H17NO4/c1-14-5-3-7-16(11-14)23-13-19(21)24-17-9-8-15(6-4-10-20)12-18(17)22-2/h3-9,11-12H,13H2,1-2H3/b6-4-. The molecule has 0 amide bonds. The predicted molar refractivity (Wildman–Crippen MR) is 90.0 cm³/mol. The van der Waals surface area contributed by atoms with Crippen LogP contribution < -0.4 is 14.2 Å². The maximum absolute atomic E-state index is 11.9. The number of ether oxygens (including phenoxy) is 3. The zero-order valence-electron chi connectivity index (χ0n) is 13.5. The van der Waals surface area contributed by atoms with Crippen LogP contribution in [0.2, 0.25) is 0 Å². The van der Waals surface area contributed by atoms with Crippen LogP contribution in [0.5, 0.6) is 17.2 Å². The highest BCUT2D eigenvalue weighted by Gasteiger charge is 2.11. The minimum absolute atomic E-state index is 0.206. The zero-order chi connectivity index (χ0) is 17.4. The summed E-state index contributed by atoms with van der Waals surface area (Å²) in [5.74, 6) is 0.773. The second-order valence-corrected chi connectivity index (χ2v) is 4.95. The van der Waals surface area contributed by atoms with Gasteiger partial charge in [-0.25, -0.2) is 4.79 Å². The first kappa shape index (κ1) is 17.1. The minimum atomic E-state index is -0.532. The Kier molecular flexibility index (Phi) is 5.98. The molecule has 5 nitrogen and oxygen atoms in total. The monoisotopic (exact) mass is 323 g/mol. The molecule has 0 aliphatic heterocycles. The van der Waals surface area contributed by atoms with E-state index in [0.717, 1.165) is 11.1 Å². The molecule has 0 heterocycles. The van der Waals surface area contributed by atoms with Gasteiger partial charge >= 0.3 is 5.97 Å². The lowest BCUT2D eigenvalue weighted by atomic mass is 10.2. The normalized spacial score (nSPS) is 10.2. The van der Waals surface area contributed by atoms with Gasteiger partial charge in [-0.2, -0.15) is 5.26 Å². The van der Waals surface area contributed by atoms with Crippen molar-refractivity contribution >= 4 is 12.0 Å². The van der Waals surface area contributed by atoms with E-state index in [-0.39, 0.29) is 6.61 Å². The number of methoxy groups -OCH3 is 1. The van der Waals surface area contributed by atoms with E-state index in [1.54, 1.807) is 30.3 Å². The molecular weight excluding hydrogens is 306 g/mol. The molecule has 5 heteroatoms. The van der Waals surface area contributed by atoms with Gasteiger partial charge in [0, 0.05) is 6.08 Å². The minimum Gasteiger partial charge on any atom is -0.493 e. The molecule has 0 aromatic heterocycles. The van der Waals surface area contributed by atoms with Crippen molar-refractivity contribution in [1.29, 1.82) is 5.26 Å². The summed E-state index contributed by atoms with van der Waals surface area (Å²) in [5.41, 5.74) is 1.81. The van der Waals surface area contributed by atoms with Gasteiger partial charge in [-0.05, 0) is 48.4 Å². The van der Waals surface area contributed by atoms with Gasteiger partial charge in [0.15, 0.2) is 18.1 Å². The summed E-state index contributed by atoms with van der Waals surface area (Å²) in [4.78, 5) is 11.9. The largest absolute Gasteiger partial charge is 0.493 e. The van der Waals surface area contributed by atoms with E-state index < -0.39 is 5.97 Å². The molecule has 2 rings (SSSR count). The van der Waals surface area contributed by atoms with E-state index in [1.807, 2.05) is 31.2 Å². The summed E-state index contributed by atoms with van der Waals surface area (Å²) in [6.07, 6.45) is 2.99. The molecule has 0 fully saturated rings. The fourth-order valence-corrected chi connectivity index (χ4v) is 2.01. The van der Waals surface area contributed by atoms with E-state index in [1.165, 1.54) is 13.2 Å². The summed E-state index contributed by atoms with van der Waals surface area (Å²) in [5, 5.41) is 8.55. The molecule has 0 unspecified atom stereocenters. The van der Waals surface area contributed by atoms with Gasteiger partial charge in [-0.15, -0.1) is 0 Å². The fraction of sp³-hybridized carbons (Fsp3) is 0.158. The topological polar surface area (TPSA) is 68.5 Å². The first-order chi connectivity index (χ1) is 11.6. The van der Waals surface area contributed by atoms with Crippen molar-refractivity contribution in [2.24, 2.45) is 0 Å². The van der Waals surface area contributed by atoms with Crippen LogP contribution in [-0.2, 0) is 4.79 Å². The fourth-order valence-electron chi connectivity index (χ4n) is 2.01. The van der Waals surface area contributed by atoms with Gasteiger partial charge < -0.3 is 14.2 Å². The second kappa shape index (κ2) is 8.39. The molecule has 0 radical (unpaired) electrons. The van der Waals surface area contributed by atoms with Crippen LogP contribution in [0.1, 0.15) is 11.1 Å². The Hall–Kier alpha value is -3.26. The highest BCUT2D eigenvalue weighted by molar-refractivity contribution is 5.75. The molecule has 0 aliphatic carbocycles. The van der Waals surface area contributed by atoms with E-state index in [0.29, 0.717) is 17.2 Å². The number of carbonyl (C=O) groups excluding carboxylic acids is 1. The Balaban J connectivity index is 2.00. The first-order valence-electron chi connectivity index (χ1n) is 7.26. The maximum atomic E-state index is 11.9. The molecule has 2 aromatic rings. The number of nitrogens with zero attached hydrogens (tertiary/aromatic N) is 1. The number of hydrogen-bond donors (Lipinski definition) is 0. The highest BCUT2D eigenvalue weighted by atomic mass is 16.6. The molecule has 0 spiro atoms. The van der Waals surface area contributed by atoms with Crippen molar-refractivity contribution in [3.05, 3.63) is 59.7 Å². The van der Waals surface area contributed by atoms with E-state index in [2.05, 4.69) is 0 Å². The predicted octanol–water partition coefficient (Wildman–Crippen LogP) is 3.52. The Labute approximate surface area is 140 Å². The molecule has 24 heavy (non-hydrogen) atoms. The third-order valence-corrected chi connectivity index (χ3v) is 3.11. The number of carbonyl (C=O) groups is 1. The third kappa shape index (κ3) is 4.89. The van der Waals surface area contributed by atoms with Crippen molar-refractivity contribution in [2.75, 3.05) is 13.7 Å². The molecular formula is C19H17NO4. The van der Waals surface area contributed by atoms with Crippen molar-refractivity contribution < 1.29 is 19.0 Å². The smallest absolute Gasteiger partial charge is 0.349 e. The van der Waals surface area contributed by atoms with Crippen LogP contribution in [0, 0.1) is 18.3 Å². The maximum Gasteiger partial charge on any atom is 0.349 e. The van der Waals surface area contributed by atoms with E-state index in [4.69, 9.17) is 19.5 Å². The number of rotatable bonds is 6. The Morgan fingerprint density at radius 2 is 2.04 bits per heavy atom. The summed E-state index contributed by atoms with van der Waals surface area (Å²) in [6.45, 7) is 1.74. The van der Waals surface area contributed by atoms with Crippen LogP contribution in [0.4, 0.5) is 0 Å². The van der Waals surface area contributed by atoms with Gasteiger partial charge in [0.25, 0.3) is 0 Å². The van der Waals surface area contributed by atoms with Crippen LogP contribution in [0.15, 0.2) is 48.5 Å². The number of nitriles is 1. The Morgan fingerprint density at radius 3 is 2.75 bits per heavy atom. The van der Waals surface area contributed by atoms with Gasteiger partial charge in [-0.3, -0.25) is 0 Å². The lowest BCUT2D eigenvalue weighted by Gasteiger charge is -2.11. The summed E-state index contributed by atoms with van der Waals surface area (Å²) in [6, 6.07) is 14.3. The van der Waals surface area contributed by atoms with Crippen LogP contribution in [-0.4, -0.2) is 19.7 Å². The van der Waals surface area contributed by atoms with Gasteiger partial charge in [0.2, 0.25) is 0 Å². The summed E-state index contributed by atoms with van der Waals surface area (Å²) in [7, 11) is 1.48. The summed E-state index contributed by atoms with van der Waals surface area (Å²) < 4.78 is 15.9. The van der Waals surface area contributed by atoms with Crippen molar-refractivity contribution in [1.82, 2.24) is 0 Å². The Bertz CT molecular complexity index is 790. The molecule has 0 saturated heterocycles. The van der Waals surface area contributed by atoms with Gasteiger partial charge in [0.1, 0.15) is 5.75 Å². The van der Waals surface area contributed by atoms with Crippen LogP contribution >= 0.6 is 0 Å². The molecule has 2 aromatic carbocycles. The first-order valence-corrected chi connectivity index (χ1v) is 7.26. The molecule has 122 valence electrons. The average Bonchev–Trinajstić information content (AvgIpc) is 2.59. The quantitative estimate of drug-likeness (QED) is 0.462. The molecule has 0 atom stereocenters. The van der Waals surface area contributed by atoms with Crippen LogP contribution in [0.25, 0.3) is 6.08 Å². The second-order valence-electron chi connectivity index (χ2n) is 4.95. The van der Waals surface area contributed by atoms with Crippen LogP contribution in [0.3, 0.4) is 0 Å². The SMILES string of the molecule is COc1cc(/C=C\C#N)ccc1OC(=O)COc1cccc(C)c1. The zero-order valence-corrected chi connectivity index (χ0v) is 13.5. The summed E-state index contributed by atoms with van der Waals surface area (Å²) >= 11 is 0. The van der Waals surface area contributed by atoms with Gasteiger partial charge in [0.05, 0.1) is 13.2 Å². The number of hydrogen-bond acceptors (Lipinski definition) is 5. The molecule has 0 saturated carbocycles. The number of esters is 1. The lowest BCUT2D eigenvalue weighted by Crippen LogP contribution is -2.18.